The lowest BCUT2D eigenvalue weighted by atomic mass is 10.0. The number of aryl methyl sites for hydroxylation is 1. The van der Waals surface area contributed by atoms with Gasteiger partial charge in [-0.3, -0.25) is 9.89 Å². The molecule has 4 aromatic rings. The monoisotopic (exact) mass is 521 g/mol. The Labute approximate surface area is 219 Å². The first-order chi connectivity index (χ1) is 18.1. The average Bonchev–Trinajstić information content (AvgIpc) is 3.33. The summed E-state index contributed by atoms with van der Waals surface area (Å²) in [7, 11) is 0. The third-order valence-electron chi connectivity index (χ3n) is 5.83. The highest BCUT2D eigenvalue weighted by molar-refractivity contribution is 6.01. The smallest absolute Gasteiger partial charge is 0.296 e. The lowest BCUT2D eigenvalue weighted by molar-refractivity contribution is 0.0641. The molecule has 0 spiro atoms. The van der Waals surface area contributed by atoms with Crippen LogP contribution in [0.4, 0.5) is 14.6 Å². The molecule has 0 unspecified atom stereocenters. The first-order valence-corrected chi connectivity index (χ1v) is 12.2. The summed E-state index contributed by atoms with van der Waals surface area (Å²) in [6.07, 6.45) is 2.96. The molecule has 0 radical (unpaired) electrons. The van der Waals surface area contributed by atoms with Gasteiger partial charge in [0.05, 0.1) is 12.2 Å². The summed E-state index contributed by atoms with van der Waals surface area (Å²) in [5, 5.41) is 19.1. The Morgan fingerprint density at radius 2 is 1.95 bits per heavy atom. The highest BCUT2D eigenvalue weighted by Gasteiger charge is 2.16. The fourth-order valence-corrected chi connectivity index (χ4v) is 3.86. The molecule has 1 amide bonds. The van der Waals surface area contributed by atoms with Crippen LogP contribution in [0, 0.1) is 18.6 Å². The van der Waals surface area contributed by atoms with Crippen molar-refractivity contribution in [3.8, 4) is 16.9 Å². The van der Waals surface area contributed by atoms with Gasteiger partial charge in [0, 0.05) is 18.7 Å². The number of nitrogens with zero attached hydrogens (tertiary/aromatic N) is 3. The predicted octanol–water partition coefficient (Wildman–Crippen LogP) is 5.23. The van der Waals surface area contributed by atoms with Crippen LogP contribution in [0.1, 0.15) is 54.3 Å². The van der Waals surface area contributed by atoms with Crippen LogP contribution in [0.3, 0.4) is 0 Å². The quantitative estimate of drug-likeness (QED) is 0.247. The molecule has 2 aromatic heterocycles. The lowest BCUT2D eigenvalue weighted by Gasteiger charge is -2.17. The lowest BCUT2D eigenvalue weighted by Crippen LogP contribution is -2.19. The molecule has 0 saturated heterocycles. The normalized spacial score (nSPS) is 11.4. The standard InChI is InChI=1S/C28H29F2N5O3/c1-17-5-8-21(38-12-4-10-28(2,3)37)16-22(17)18-9-11-31-24(13-18)33-27(36)26-32-25(34-35-26)14-19-6-7-20(29)15-23(19)30/h5-9,11,13,15-16,37H,4,10,12,14H2,1-3H3,(H,31,33,36)(H,32,34,35). The number of hydrogen-bond acceptors (Lipinski definition) is 6. The van der Waals surface area contributed by atoms with E-state index in [4.69, 9.17) is 4.74 Å². The summed E-state index contributed by atoms with van der Waals surface area (Å²) in [6.45, 7) is 6.00. The van der Waals surface area contributed by atoms with Gasteiger partial charge in [-0.15, -0.1) is 5.10 Å². The Balaban J connectivity index is 1.42. The van der Waals surface area contributed by atoms with Gasteiger partial charge in [0.25, 0.3) is 5.91 Å². The molecule has 2 aromatic carbocycles. The molecule has 38 heavy (non-hydrogen) atoms. The van der Waals surface area contributed by atoms with Crippen LogP contribution in [0.15, 0.2) is 54.7 Å². The van der Waals surface area contributed by atoms with Crippen molar-refractivity contribution in [1.82, 2.24) is 20.2 Å². The zero-order valence-corrected chi connectivity index (χ0v) is 21.4. The number of carbonyl (C=O) groups excluding carboxylic acids is 1. The molecule has 8 nitrogen and oxygen atoms in total. The van der Waals surface area contributed by atoms with E-state index < -0.39 is 23.1 Å². The summed E-state index contributed by atoms with van der Waals surface area (Å²) in [6, 6.07) is 12.6. The number of nitrogens with one attached hydrogen (secondary N) is 2. The van der Waals surface area contributed by atoms with E-state index in [2.05, 4.69) is 25.5 Å². The summed E-state index contributed by atoms with van der Waals surface area (Å²) in [5.41, 5.74) is 2.26. The maximum Gasteiger partial charge on any atom is 0.296 e. The minimum absolute atomic E-state index is 0.0234. The van der Waals surface area contributed by atoms with Gasteiger partial charge in [-0.1, -0.05) is 12.1 Å². The van der Waals surface area contributed by atoms with Crippen molar-refractivity contribution < 1.29 is 23.4 Å². The Hall–Kier alpha value is -4.18. The van der Waals surface area contributed by atoms with Gasteiger partial charge in [-0.2, -0.15) is 0 Å². The van der Waals surface area contributed by atoms with Crippen LogP contribution in [0.5, 0.6) is 5.75 Å². The molecule has 0 aliphatic carbocycles. The van der Waals surface area contributed by atoms with E-state index in [0.717, 1.165) is 35.2 Å². The SMILES string of the molecule is Cc1ccc(OCCCC(C)(C)O)cc1-c1ccnc(NC(=O)c2n[nH]c(Cc3ccc(F)cc3F)n2)c1. The van der Waals surface area contributed by atoms with Crippen LogP contribution in [0.2, 0.25) is 0 Å². The molecule has 0 bridgehead atoms. The van der Waals surface area contributed by atoms with Crippen LogP contribution >= 0.6 is 0 Å². The van der Waals surface area contributed by atoms with Gasteiger partial charge in [0.1, 0.15) is 29.0 Å². The van der Waals surface area contributed by atoms with Gasteiger partial charge in [0.15, 0.2) is 0 Å². The fraction of sp³-hybridized carbons (Fsp3) is 0.286. The highest BCUT2D eigenvalue weighted by atomic mass is 19.1. The Morgan fingerprint density at radius 1 is 1.13 bits per heavy atom. The number of rotatable bonds is 10. The second-order valence-corrected chi connectivity index (χ2v) is 9.64. The molecular weight excluding hydrogens is 492 g/mol. The fourth-order valence-electron chi connectivity index (χ4n) is 3.86. The third-order valence-corrected chi connectivity index (χ3v) is 5.83. The number of hydrogen-bond donors (Lipinski definition) is 3. The van der Waals surface area contributed by atoms with Gasteiger partial charge in [0.2, 0.25) is 5.82 Å². The van der Waals surface area contributed by atoms with Crippen molar-refractivity contribution in [3.05, 3.63) is 89.1 Å². The Kier molecular flexibility index (Phi) is 8.11. The molecule has 0 fully saturated rings. The number of aromatic nitrogens is 4. The third kappa shape index (κ3) is 7.19. The number of amides is 1. The van der Waals surface area contributed by atoms with Crippen molar-refractivity contribution in [2.24, 2.45) is 0 Å². The van der Waals surface area contributed by atoms with E-state index >= 15 is 0 Å². The molecule has 2 heterocycles. The largest absolute Gasteiger partial charge is 0.494 e. The van der Waals surface area contributed by atoms with E-state index in [1.54, 1.807) is 26.1 Å². The number of halogens is 2. The minimum Gasteiger partial charge on any atom is -0.494 e. The second kappa shape index (κ2) is 11.5. The second-order valence-electron chi connectivity index (χ2n) is 9.64. The number of anilines is 1. The van der Waals surface area contributed by atoms with Gasteiger partial charge in [-0.25, -0.2) is 18.7 Å². The highest BCUT2D eigenvalue weighted by Crippen LogP contribution is 2.29. The number of carbonyl (C=O) groups is 1. The number of aromatic amines is 1. The first kappa shape index (κ1) is 26.9. The van der Waals surface area contributed by atoms with E-state index in [-0.39, 0.29) is 23.6 Å². The van der Waals surface area contributed by atoms with E-state index in [1.165, 1.54) is 6.07 Å². The number of aliphatic hydroxyl groups is 1. The minimum atomic E-state index is -0.729. The summed E-state index contributed by atoms with van der Waals surface area (Å²) >= 11 is 0. The van der Waals surface area contributed by atoms with E-state index in [9.17, 15) is 18.7 Å². The Morgan fingerprint density at radius 3 is 2.71 bits per heavy atom. The van der Waals surface area contributed by atoms with Gasteiger partial charge >= 0.3 is 0 Å². The summed E-state index contributed by atoms with van der Waals surface area (Å²) in [4.78, 5) is 21.1. The topological polar surface area (TPSA) is 113 Å². The van der Waals surface area contributed by atoms with Gasteiger partial charge < -0.3 is 15.2 Å². The van der Waals surface area contributed by atoms with E-state index in [1.807, 2.05) is 31.2 Å². The number of benzene rings is 2. The van der Waals surface area contributed by atoms with Crippen molar-refractivity contribution >= 4 is 11.7 Å². The Bertz CT molecular complexity index is 1430. The molecular formula is C28H29F2N5O3. The van der Waals surface area contributed by atoms with Crippen molar-refractivity contribution in [3.63, 3.8) is 0 Å². The molecule has 0 aliphatic heterocycles. The average molecular weight is 522 g/mol. The maximum absolute atomic E-state index is 13.9. The van der Waals surface area contributed by atoms with Crippen molar-refractivity contribution in [2.75, 3.05) is 11.9 Å². The zero-order valence-electron chi connectivity index (χ0n) is 21.4. The zero-order chi connectivity index (χ0) is 27.3. The van der Waals surface area contributed by atoms with Crippen LogP contribution in [0.25, 0.3) is 11.1 Å². The maximum atomic E-state index is 13.9. The molecule has 0 aliphatic rings. The van der Waals surface area contributed by atoms with Crippen molar-refractivity contribution in [1.29, 1.82) is 0 Å². The molecule has 4 rings (SSSR count). The molecule has 3 N–H and O–H groups in total. The number of pyridine rings is 1. The van der Waals surface area contributed by atoms with Crippen LogP contribution in [-0.4, -0.2) is 43.4 Å². The molecule has 0 saturated carbocycles. The number of ether oxygens (including phenoxy) is 1. The van der Waals surface area contributed by atoms with E-state index in [0.29, 0.717) is 24.6 Å². The molecule has 0 atom stereocenters. The number of H-pyrrole nitrogens is 1. The predicted molar refractivity (Wildman–Crippen MR) is 139 cm³/mol. The van der Waals surface area contributed by atoms with Crippen LogP contribution in [-0.2, 0) is 6.42 Å². The van der Waals surface area contributed by atoms with Crippen LogP contribution < -0.4 is 10.1 Å². The molecule has 198 valence electrons. The summed E-state index contributed by atoms with van der Waals surface area (Å²) < 4.78 is 32.9. The molecule has 10 heteroatoms. The first-order valence-electron chi connectivity index (χ1n) is 12.2. The van der Waals surface area contributed by atoms with Gasteiger partial charge in [-0.05, 0) is 86.2 Å². The van der Waals surface area contributed by atoms with Crippen molar-refractivity contribution in [2.45, 2.75) is 45.6 Å². The summed E-state index contributed by atoms with van der Waals surface area (Å²) in [5.74, 6) is -0.821.